The fourth-order valence-corrected chi connectivity index (χ4v) is 4.63. The van der Waals surface area contributed by atoms with Gasteiger partial charge in [-0.05, 0) is 43.2 Å². The largest absolute Gasteiger partial charge is 0.465 e. The molecule has 0 spiro atoms. The number of anilines is 1. The first-order valence-corrected chi connectivity index (χ1v) is 12.3. The Kier molecular flexibility index (Phi) is 8.04. The molecule has 9 nitrogen and oxygen atoms in total. The maximum absolute atomic E-state index is 12.9. The SMILES string of the molecule is COC(=O)c1ccc(CNC(=O)C(C)Sc2nnc(N3CCOCC3)n2-c2ccccc2C)cc1. The van der Waals surface area contributed by atoms with Crippen molar-refractivity contribution in [1.29, 1.82) is 0 Å². The normalized spacial score (nSPS) is 14.4. The second-order valence-corrected chi connectivity index (χ2v) is 9.48. The number of nitrogens with one attached hydrogen (secondary N) is 1. The quantitative estimate of drug-likeness (QED) is 0.376. The highest BCUT2D eigenvalue weighted by molar-refractivity contribution is 8.00. The number of aryl methyl sites for hydroxylation is 1. The number of hydrogen-bond donors (Lipinski definition) is 1. The molecular formula is C25H29N5O4S. The average Bonchev–Trinajstić information content (AvgIpc) is 3.31. The Balaban J connectivity index is 1.48. The topological polar surface area (TPSA) is 98.6 Å². The number of thioether (sulfide) groups is 1. The highest BCUT2D eigenvalue weighted by atomic mass is 32.2. The van der Waals surface area contributed by atoms with Gasteiger partial charge in [0.2, 0.25) is 11.9 Å². The molecule has 184 valence electrons. The number of amides is 1. The summed E-state index contributed by atoms with van der Waals surface area (Å²) in [7, 11) is 1.35. The molecule has 1 aromatic heterocycles. The van der Waals surface area contributed by atoms with Crippen molar-refractivity contribution in [2.45, 2.75) is 30.8 Å². The van der Waals surface area contributed by atoms with Crippen molar-refractivity contribution in [3.63, 3.8) is 0 Å². The molecule has 2 heterocycles. The van der Waals surface area contributed by atoms with E-state index < -0.39 is 5.25 Å². The standard InChI is InChI=1S/C25H29N5O4S/c1-17-6-4-5-7-21(17)30-24(29-12-14-34-15-13-29)27-28-25(30)35-18(2)22(31)26-16-19-8-10-20(11-9-19)23(32)33-3/h4-11,18H,12-16H2,1-3H3,(H,26,31). The molecule has 0 radical (unpaired) electrons. The predicted octanol–water partition coefficient (Wildman–Crippen LogP) is 3.00. The number of carbonyl (C=O) groups is 2. The van der Waals surface area contributed by atoms with Crippen LogP contribution >= 0.6 is 11.8 Å². The van der Waals surface area contributed by atoms with E-state index >= 15 is 0 Å². The lowest BCUT2D eigenvalue weighted by molar-refractivity contribution is -0.120. The van der Waals surface area contributed by atoms with Gasteiger partial charge in [0.25, 0.3) is 0 Å². The van der Waals surface area contributed by atoms with E-state index in [0.29, 0.717) is 30.5 Å². The predicted molar refractivity (Wildman–Crippen MR) is 134 cm³/mol. The second-order valence-electron chi connectivity index (χ2n) is 8.17. The molecule has 4 rings (SSSR count). The summed E-state index contributed by atoms with van der Waals surface area (Å²) in [6, 6.07) is 15.0. The zero-order chi connectivity index (χ0) is 24.8. The number of carbonyl (C=O) groups excluding carboxylic acids is 2. The maximum Gasteiger partial charge on any atom is 0.337 e. The van der Waals surface area contributed by atoms with Crippen LogP contribution < -0.4 is 10.2 Å². The molecule has 1 aliphatic rings. The Hall–Kier alpha value is -3.37. The third kappa shape index (κ3) is 5.83. The molecule has 1 amide bonds. The third-order valence-electron chi connectivity index (χ3n) is 5.76. The summed E-state index contributed by atoms with van der Waals surface area (Å²) in [6.45, 7) is 7.01. The van der Waals surface area contributed by atoms with Crippen LogP contribution in [0.5, 0.6) is 0 Å². The number of rotatable bonds is 8. The number of ether oxygens (including phenoxy) is 2. The van der Waals surface area contributed by atoms with Crippen molar-refractivity contribution in [3.8, 4) is 5.69 Å². The van der Waals surface area contributed by atoms with Gasteiger partial charge in [0.1, 0.15) is 0 Å². The van der Waals surface area contributed by atoms with E-state index in [-0.39, 0.29) is 11.9 Å². The number of esters is 1. The Bertz CT molecular complexity index is 1170. The molecule has 1 N–H and O–H groups in total. The van der Waals surface area contributed by atoms with Crippen LogP contribution in [0.3, 0.4) is 0 Å². The van der Waals surface area contributed by atoms with Crippen LogP contribution in [0, 0.1) is 6.92 Å². The van der Waals surface area contributed by atoms with Crippen LogP contribution in [0.2, 0.25) is 0 Å². The van der Waals surface area contributed by atoms with Crippen LogP contribution in [-0.2, 0) is 20.8 Å². The Morgan fingerprint density at radius 3 is 2.51 bits per heavy atom. The number of aromatic nitrogens is 3. The van der Waals surface area contributed by atoms with E-state index in [4.69, 9.17) is 9.47 Å². The van der Waals surface area contributed by atoms with Crippen LogP contribution in [0.1, 0.15) is 28.4 Å². The minimum atomic E-state index is -0.395. The summed E-state index contributed by atoms with van der Waals surface area (Å²) < 4.78 is 12.2. The van der Waals surface area contributed by atoms with Gasteiger partial charge >= 0.3 is 5.97 Å². The number of nitrogens with zero attached hydrogens (tertiary/aromatic N) is 4. The van der Waals surface area contributed by atoms with Gasteiger partial charge in [0.15, 0.2) is 5.16 Å². The van der Waals surface area contributed by atoms with Crippen LogP contribution in [-0.4, -0.2) is 65.3 Å². The van der Waals surface area contributed by atoms with Crippen molar-refractivity contribution in [3.05, 3.63) is 65.2 Å². The summed E-state index contributed by atoms with van der Waals surface area (Å²) in [4.78, 5) is 26.6. The van der Waals surface area contributed by atoms with Gasteiger partial charge in [-0.2, -0.15) is 0 Å². The first-order valence-electron chi connectivity index (χ1n) is 11.4. The number of para-hydroxylation sites is 1. The van der Waals surface area contributed by atoms with Crippen LogP contribution in [0.4, 0.5) is 5.95 Å². The first kappa shape index (κ1) is 24.7. The summed E-state index contributed by atoms with van der Waals surface area (Å²) >= 11 is 1.37. The molecule has 1 unspecified atom stereocenters. The molecule has 1 aliphatic heterocycles. The molecule has 0 bridgehead atoms. The van der Waals surface area contributed by atoms with Crippen molar-refractivity contribution in [1.82, 2.24) is 20.1 Å². The molecule has 35 heavy (non-hydrogen) atoms. The monoisotopic (exact) mass is 495 g/mol. The zero-order valence-corrected chi connectivity index (χ0v) is 20.9. The molecule has 2 aromatic carbocycles. The zero-order valence-electron chi connectivity index (χ0n) is 20.1. The van der Waals surface area contributed by atoms with Gasteiger partial charge in [-0.3, -0.25) is 9.36 Å². The summed E-state index contributed by atoms with van der Waals surface area (Å²) in [6.07, 6.45) is 0. The van der Waals surface area contributed by atoms with Crippen LogP contribution in [0.25, 0.3) is 5.69 Å². The lowest BCUT2D eigenvalue weighted by Crippen LogP contribution is -2.38. The highest BCUT2D eigenvalue weighted by Gasteiger charge is 2.25. The van der Waals surface area contributed by atoms with Crippen molar-refractivity contribution >= 4 is 29.6 Å². The van der Waals surface area contributed by atoms with E-state index in [9.17, 15) is 9.59 Å². The number of hydrogen-bond acceptors (Lipinski definition) is 8. The van der Waals surface area contributed by atoms with Crippen molar-refractivity contribution in [2.75, 3.05) is 38.3 Å². The van der Waals surface area contributed by atoms with Gasteiger partial charge in [-0.25, -0.2) is 4.79 Å². The van der Waals surface area contributed by atoms with E-state index in [1.54, 1.807) is 24.3 Å². The van der Waals surface area contributed by atoms with Gasteiger partial charge < -0.3 is 19.7 Å². The number of methoxy groups -OCH3 is 1. The molecule has 3 aromatic rings. The highest BCUT2D eigenvalue weighted by Crippen LogP contribution is 2.31. The van der Waals surface area contributed by atoms with Gasteiger partial charge in [-0.15, -0.1) is 10.2 Å². The fraction of sp³-hybridized carbons (Fsp3) is 0.360. The summed E-state index contributed by atoms with van der Waals surface area (Å²) in [5.74, 6) is 0.252. The lowest BCUT2D eigenvalue weighted by Gasteiger charge is -2.28. The van der Waals surface area contributed by atoms with E-state index in [1.807, 2.05) is 29.7 Å². The number of morpholine rings is 1. The first-order chi connectivity index (χ1) is 17.0. The van der Waals surface area contributed by atoms with E-state index in [2.05, 4.69) is 33.4 Å². The minimum Gasteiger partial charge on any atom is -0.465 e. The minimum absolute atomic E-state index is 0.112. The summed E-state index contributed by atoms with van der Waals surface area (Å²) in [5, 5.41) is 12.2. The second kappa shape index (κ2) is 11.4. The lowest BCUT2D eigenvalue weighted by atomic mass is 10.1. The average molecular weight is 496 g/mol. The molecule has 1 saturated heterocycles. The van der Waals surface area contributed by atoms with Crippen molar-refractivity contribution in [2.24, 2.45) is 0 Å². The van der Waals surface area contributed by atoms with Gasteiger partial charge in [-0.1, -0.05) is 42.1 Å². The van der Waals surface area contributed by atoms with Crippen LogP contribution in [0.15, 0.2) is 53.7 Å². The maximum atomic E-state index is 12.9. The molecule has 10 heteroatoms. The Morgan fingerprint density at radius 2 is 1.83 bits per heavy atom. The molecular weight excluding hydrogens is 466 g/mol. The van der Waals surface area contributed by atoms with Crippen molar-refractivity contribution < 1.29 is 19.1 Å². The number of benzene rings is 2. The van der Waals surface area contributed by atoms with E-state index in [1.165, 1.54) is 18.9 Å². The third-order valence-corrected chi connectivity index (χ3v) is 6.80. The Morgan fingerprint density at radius 1 is 1.11 bits per heavy atom. The summed E-state index contributed by atoms with van der Waals surface area (Å²) in [5.41, 5.74) is 3.44. The molecule has 0 aliphatic carbocycles. The fourth-order valence-electron chi connectivity index (χ4n) is 3.75. The molecule has 1 atom stereocenters. The van der Waals surface area contributed by atoms with Gasteiger partial charge in [0.05, 0.1) is 36.8 Å². The Labute approximate surface area is 208 Å². The molecule has 0 saturated carbocycles. The van der Waals surface area contributed by atoms with E-state index in [0.717, 1.165) is 35.9 Å². The van der Waals surface area contributed by atoms with Gasteiger partial charge in [0, 0.05) is 19.6 Å². The smallest absolute Gasteiger partial charge is 0.337 e. The molecule has 1 fully saturated rings.